The third kappa shape index (κ3) is 4.85. The molecule has 0 saturated heterocycles. The standard InChI is InChI=1S/C13H14ClN3OS2/c1-9-12(18)15-13(17-16-9)20-8-10(14)7-19-11-5-3-2-4-6-11/h2-6,10H,7-8H2,1H3,(H,15,17,18). The Morgan fingerprint density at radius 1 is 1.20 bits per heavy atom. The molecule has 0 aliphatic heterocycles. The number of rotatable bonds is 6. The molecule has 0 spiro atoms. The van der Waals surface area contributed by atoms with Crippen LogP contribution in [0.25, 0.3) is 0 Å². The van der Waals surface area contributed by atoms with Gasteiger partial charge in [0, 0.05) is 16.4 Å². The zero-order valence-corrected chi connectivity index (χ0v) is 13.3. The van der Waals surface area contributed by atoms with Crippen LogP contribution in [0.4, 0.5) is 0 Å². The number of aromatic amines is 1. The molecular formula is C13H14ClN3OS2. The number of halogens is 1. The highest BCUT2D eigenvalue weighted by Crippen LogP contribution is 2.23. The molecule has 20 heavy (non-hydrogen) atoms. The third-order valence-electron chi connectivity index (χ3n) is 2.41. The lowest BCUT2D eigenvalue weighted by atomic mass is 10.4. The highest BCUT2D eigenvalue weighted by molar-refractivity contribution is 8.00. The molecule has 0 bridgehead atoms. The zero-order valence-electron chi connectivity index (χ0n) is 10.9. The minimum absolute atomic E-state index is 0.00295. The molecule has 0 aliphatic rings. The molecule has 0 fully saturated rings. The van der Waals surface area contributed by atoms with Gasteiger partial charge in [0.25, 0.3) is 5.56 Å². The Morgan fingerprint density at radius 3 is 2.60 bits per heavy atom. The molecule has 0 saturated carbocycles. The summed E-state index contributed by atoms with van der Waals surface area (Å²) < 4.78 is 0. The molecule has 0 radical (unpaired) electrons. The van der Waals surface area contributed by atoms with Crippen LogP contribution in [0.5, 0.6) is 0 Å². The maximum Gasteiger partial charge on any atom is 0.273 e. The summed E-state index contributed by atoms with van der Waals surface area (Å²) >= 11 is 9.40. The van der Waals surface area contributed by atoms with Gasteiger partial charge in [-0.3, -0.25) is 9.78 Å². The van der Waals surface area contributed by atoms with Crippen molar-refractivity contribution in [1.82, 2.24) is 15.2 Å². The van der Waals surface area contributed by atoms with E-state index >= 15 is 0 Å². The van der Waals surface area contributed by atoms with E-state index in [0.29, 0.717) is 16.6 Å². The average molecular weight is 328 g/mol. The molecule has 1 heterocycles. The number of aromatic nitrogens is 3. The van der Waals surface area contributed by atoms with Crippen LogP contribution in [-0.2, 0) is 0 Å². The number of alkyl halides is 1. The number of hydrogen-bond acceptors (Lipinski definition) is 5. The SMILES string of the molecule is Cc1nnc(SCC(Cl)CSc2ccccc2)[nH]c1=O. The molecule has 0 aliphatic carbocycles. The molecule has 7 heteroatoms. The van der Waals surface area contributed by atoms with Crippen molar-refractivity contribution in [3.8, 4) is 0 Å². The molecule has 2 aromatic rings. The second-order valence-corrected chi connectivity index (χ2v) is 6.80. The number of benzene rings is 1. The van der Waals surface area contributed by atoms with E-state index < -0.39 is 0 Å². The number of aryl methyl sites for hydroxylation is 1. The van der Waals surface area contributed by atoms with Crippen LogP contribution < -0.4 is 5.56 Å². The van der Waals surface area contributed by atoms with Crippen molar-refractivity contribution in [3.63, 3.8) is 0 Å². The van der Waals surface area contributed by atoms with Crippen LogP contribution in [0, 0.1) is 6.92 Å². The Bertz CT molecular complexity index is 606. The van der Waals surface area contributed by atoms with Gasteiger partial charge >= 0.3 is 0 Å². The number of H-pyrrole nitrogens is 1. The molecule has 1 atom stereocenters. The van der Waals surface area contributed by atoms with E-state index in [9.17, 15) is 4.79 Å². The summed E-state index contributed by atoms with van der Waals surface area (Å²) in [6, 6.07) is 10.1. The highest BCUT2D eigenvalue weighted by Gasteiger charge is 2.08. The fourth-order valence-electron chi connectivity index (χ4n) is 1.36. The lowest BCUT2D eigenvalue weighted by Gasteiger charge is -2.08. The quantitative estimate of drug-likeness (QED) is 0.653. The Labute approximate surface area is 130 Å². The Morgan fingerprint density at radius 2 is 1.90 bits per heavy atom. The van der Waals surface area contributed by atoms with Crippen molar-refractivity contribution in [2.45, 2.75) is 22.4 Å². The van der Waals surface area contributed by atoms with Gasteiger partial charge in [-0.25, -0.2) is 0 Å². The van der Waals surface area contributed by atoms with Gasteiger partial charge in [-0.2, -0.15) is 0 Å². The molecule has 1 N–H and O–H groups in total. The van der Waals surface area contributed by atoms with Crippen LogP contribution in [0.1, 0.15) is 5.69 Å². The summed E-state index contributed by atoms with van der Waals surface area (Å²) in [4.78, 5) is 15.3. The summed E-state index contributed by atoms with van der Waals surface area (Å²) in [5.74, 6) is 1.48. The lowest BCUT2D eigenvalue weighted by Crippen LogP contribution is -2.15. The average Bonchev–Trinajstić information content (AvgIpc) is 2.47. The van der Waals surface area contributed by atoms with Crippen molar-refractivity contribution >= 4 is 35.1 Å². The minimum Gasteiger partial charge on any atom is -0.298 e. The largest absolute Gasteiger partial charge is 0.298 e. The van der Waals surface area contributed by atoms with Crippen molar-refractivity contribution in [2.75, 3.05) is 11.5 Å². The highest BCUT2D eigenvalue weighted by atomic mass is 35.5. The second-order valence-electron chi connectivity index (χ2n) is 4.08. The summed E-state index contributed by atoms with van der Waals surface area (Å²) in [5, 5.41) is 8.22. The smallest absolute Gasteiger partial charge is 0.273 e. The van der Waals surface area contributed by atoms with Crippen LogP contribution in [-0.4, -0.2) is 32.1 Å². The zero-order chi connectivity index (χ0) is 14.4. The molecule has 1 aromatic carbocycles. The molecule has 0 amide bonds. The Hall–Kier alpha value is -0.980. The van der Waals surface area contributed by atoms with Gasteiger partial charge < -0.3 is 0 Å². The topological polar surface area (TPSA) is 58.6 Å². The van der Waals surface area contributed by atoms with E-state index in [-0.39, 0.29) is 10.9 Å². The first-order valence-electron chi connectivity index (χ1n) is 6.03. The maximum absolute atomic E-state index is 11.4. The van der Waals surface area contributed by atoms with Crippen LogP contribution in [0.15, 0.2) is 45.2 Å². The van der Waals surface area contributed by atoms with Gasteiger partial charge in [-0.1, -0.05) is 30.0 Å². The van der Waals surface area contributed by atoms with Crippen molar-refractivity contribution < 1.29 is 0 Å². The molecule has 106 valence electrons. The van der Waals surface area contributed by atoms with Gasteiger partial charge in [-0.05, 0) is 19.1 Å². The normalized spacial score (nSPS) is 12.3. The predicted molar refractivity (Wildman–Crippen MR) is 84.9 cm³/mol. The van der Waals surface area contributed by atoms with Crippen LogP contribution >= 0.6 is 35.1 Å². The monoisotopic (exact) mass is 327 g/mol. The van der Waals surface area contributed by atoms with E-state index in [1.807, 2.05) is 18.2 Å². The van der Waals surface area contributed by atoms with Crippen LogP contribution in [0.3, 0.4) is 0 Å². The Balaban J connectivity index is 1.78. The van der Waals surface area contributed by atoms with Gasteiger partial charge in [0.2, 0.25) is 0 Å². The number of nitrogens with zero attached hydrogens (tertiary/aromatic N) is 2. The number of thioether (sulfide) groups is 2. The minimum atomic E-state index is -0.202. The van der Waals surface area contributed by atoms with Crippen LogP contribution in [0.2, 0.25) is 0 Å². The van der Waals surface area contributed by atoms with Crippen molar-refractivity contribution in [1.29, 1.82) is 0 Å². The number of nitrogens with one attached hydrogen (secondary N) is 1. The first-order valence-corrected chi connectivity index (χ1v) is 8.44. The van der Waals surface area contributed by atoms with E-state index in [0.717, 1.165) is 5.75 Å². The summed E-state index contributed by atoms with van der Waals surface area (Å²) in [6.45, 7) is 1.63. The van der Waals surface area contributed by atoms with E-state index in [1.165, 1.54) is 16.7 Å². The van der Waals surface area contributed by atoms with Crippen molar-refractivity contribution in [2.24, 2.45) is 0 Å². The van der Waals surface area contributed by atoms with E-state index in [1.54, 1.807) is 18.7 Å². The summed E-state index contributed by atoms with van der Waals surface area (Å²) in [7, 11) is 0. The molecule has 2 rings (SSSR count). The van der Waals surface area contributed by atoms with E-state index in [2.05, 4.69) is 27.3 Å². The molecule has 1 aromatic heterocycles. The molecule has 4 nitrogen and oxygen atoms in total. The van der Waals surface area contributed by atoms with Gasteiger partial charge in [0.05, 0.1) is 5.38 Å². The molecular weight excluding hydrogens is 314 g/mol. The predicted octanol–water partition coefficient (Wildman–Crippen LogP) is 2.97. The summed E-state index contributed by atoms with van der Waals surface area (Å²) in [5.41, 5.74) is 0.170. The van der Waals surface area contributed by atoms with Crippen molar-refractivity contribution in [3.05, 3.63) is 46.4 Å². The fourth-order valence-corrected chi connectivity index (χ4v) is 3.45. The van der Waals surface area contributed by atoms with E-state index in [4.69, 9.17) is 11.6 Å². The Kier molecular flexibility index (Phi) is 5.94. The maximum atomic E-state index is 11.4. The van der Waals surface area contributed by atoms with Gasteiger partial charge in [0.15, 0.2) is 5.16 Å². The van der Waals surface area contributed by atoms with Gasteiger partial charge in [0.1, 0.15) is 5.69 Å². The number of hydrogen-bond donors (Lipinski definition) is 1. The third-order valence-corrected chi connectivity index (χ3v) is 5.29. The summed E-state index contributed by atoms with van der Waals surface area (Å²) in [6.07, 6.45) is 0. The fraction of sp³-hybridized carbons (Fsp3) is 0.308. The second kappa shape index (κ2) is 7.71. The van der Waals surface area contributed by atoms with Gasteiger partial charge in [-0.15, -0.1) is 33.6 Å². The lowest BCUT2D eigenvalue weighted by molar-refractivity contribution is 0.789. The first kappa shape index (κ1) is 15.4. The molecule has 1 unspecified atom stereocenters. The first-order chi connectivity index (χ1) is 9.65.